The van der Waals surface area contributed by atoms with Gasteiger partial charge in [-0.3, -0.25) is 5.10 Å². The van der Waals surface area contributed by atoms with Gasteiger partial charge in [0, 0.05) is 10.1 Å². The molecule has 0 atom stereocenters. The lowest BCUT2D eigenvalue weighted by atomic mass is 10.3. The maximum Gasteiger partial charge on any atom is 0.161 e. The number of para-hydroxylation sites is 1. The van der Waals surface area contributed by atoms with E-state index in [1.165, 1.54) is 4.90 Å². The van der Waals surface area contributed by atoms with Crippen LogP contribution in [0.2, 0.25) is 0 Å². The second-order valence-corrected chi connectivity index (χ2v) is 6.66. The van der Waals surface area contributed by atoms with Crippen LogP contribution in [0.25, 0.3) is 11.0 Å². The van der Waals surface area contributed by atoms with Gasteiger partial charge in [-0.25, -0.2) is 9.97 Å². The number of H-pyrrole nitrogens is 1. The van der Waals surface area contributed by atoms with E-state index in [0.717, 1.165) is 22.5 Å². The van der Waals surface area contributed by atoms with E-state index in [2.05, 4.69) is 57.5 Å². The van der Waals surface area contributed by atoms with Gasteiger partial charge in [0.25, 0.3) is 0 Å². The molecule has 0 aliphatic heterocycles. The average Bonchev–Trinajstić information content (AvgIpc) is 2.88. The normalized spacial score (nSPS) is 11.2. The number of thioether (sulfide) groups is 1. The second-order valence-electron chi connectivity index (χ2n) is 5.04. The molecule has 6 heteroatoms. The van der Waals surface area contributed by atoms with Crippen molar-refractivity contribution in [2.24, 2.45) is 0 Å². The average molecular weight is 299 g/mol. The number of rotatable bonds is 4. The first-order valence-corrected chi connectivity index (χ1v) is 7.72. The summed E-state index contributed by atoms with van der Waals surface area (Å²) < 4.78 is 0. The van der Waals surface area contributed by atoms with Crippen LogP contribution in [0, 0.1) is 6.92 Å². The Kier molecular flexibility index (Phi) is 3.79. The first kappa shape index (κ1) is 13.9. The standard InChI is InChI=1S/C15H17N5S/c1-9(2)21-13-7-5-4-6-12(13)19-14-11-8-16-20-15(11)18-10(3)17-14/h4-9H,1-3H3,(H2,16,17,18,19,20). The molecule has 2 heterocycles. The van der Waals surface area contributed by atoms with E-state index in [1.54, 1.807) is 6.20 Å². The minimum absolute atomic E-state index is 0.522. The van der Waals surface area contributed by atoms with Gasteiger partial charge in [0.1, 0.15) is 11.6 Å². The second kappa shape index (κ2) is 5.73. The van der Waals surface area contributed by atoms with E-state index in [1.807, 2.05) is 24.8 Å². The molecule has 2 N–H and O–H groups in total. The minimum Gasteiger partial charge on any atom is -0.339 e. The molecule has 3 rings (SSSR count). The van der Waals surface area contributed by atoms with E-state index in [4.69, 9.17) is 0 Å². The van der Waals surface area contributed by atoms with Crippen LogP contribution < -0.4 is 5.32 Å². The Morgan fingerprint density at radius 2 is 2.00 bits per heavy atom. The van der Waals surface area contributed by atoms with Gasteiger partial charge in [-0.2, -0.15) is 5.10 Å². The highest BCUT2D eigenvalue weighted by Crippen LogP contribution is 2.32. The number of aromatic nitrogens is 4. The van der Waals surface area contributed by atoms with Crippen molar-refractivity contribution in [1.29, 1.82) is 0 Å². The fourth-order valence-electron chi connectivity index (χ4n) is 2.10. The van der Waals surface area contributed by atoms with Crippen LogP contribution in [0.5, 0.6) is 0 Å². The lowest BCUT2D eigenvalue weighted by Gasteiger charge is -2.13. The monoisotopic (exact) mass is 299 g/mol. The Morgan fingerprint density at radius 1 is 1.19 bits per heavy atom. The number of anilines is 2. The molecule has 0 amide bonds. The number of aryl methyl sites for hydroxylation is 1. The first-order valence-electron chi connectivity index (χ1n) is 6.84. The molecule has 1 aromatic carbocycles. The van der Waals surface area contributed by atoms with Crippen molar-refractivity contribution in [3.8, 4) is 0 Å². The van der Waals surface area contributed by atoms with Gasteiger partial charge < -0.3 is 5.32 Å². The molecule has 0 aliphatic rings. The highest BCUT2D eigenvalue weighted by atomic mass is 32.2. The molecule has 0 spiro atoms. The molecule has 0 unspecified atom stereocenters. The first-order chi connectivity index (χ1) is 10.1. The molecule has 0 radical (unpaired) electrons. The molecule has 5 nitrogen and oxygen atoms in total. The predicted octanol–water partition coefficient (Wildman–Crippen LogP) is 3.91. The van der Waals surface area contributed by atoms with Crippen LogP contribution in [0.15, 0.2) is 35.4 Å². The Morgan fingerprint density at radius 3 is 2.81 bits per heavy atom. The Bertz CT molecular complexity index is 766. The maximum atomic E-state index is 4.50. The lowest BCUT2D eigenvalue weighted by molar-refractivity contribution is 1.05. The van der Waals surface area contributed by atoms with Crippen LogP contribution in [-0.2, 0) is 0 Å². The van der Waals surface area contributed by atoms with Crippen molar-refractivity contribution in [3.63, 3.8) is 0 Å². The van der Waals surface area contributed by atoms with Gasteiger partial charge in [-0.1, -0.05) is 26.0 Å². The van der Waals surface area contributed by atoms with E-state index >= 15 is 0 Å². The molecule has 0 fully saturated rings. The largest absolute Gasteiger partial charge is 0.339 e. The quantitative estimate of drug-likeness (QED) is 0.715. The van der Waals surface area contributed by atoms with Crippen molar-refractivity contribution in [1.82, 2.24) is 20.2 Å². The van der Waals surface area contributed by atoms with Gasteiger partial charge in [0.15, 0.2) is 5.65 Å². The van der Waals surface area contributed by atoms with Gasteiger partial charge in [0.05, 0.1) is 17.3 Å². The van der Waals surface area contributed by atoms with Crippen LogP contribution in [0.4, 0.5) is 11.5 Å². The summed E-state index contributed by atoms with van der Waals surface area (Å²) in [5.74, 6) is 1.49. The minimum atomic E-state index is 0.522. The van der Waals surface area contributed by atoms with Crippen molar-refractivity contribution >= 4 is 34.3 Å². The van der Waals surface area contributed by atoms with Gasteiger partial charge >= 0.3 is 0 Å². The zero-order chi connectivity index (χ0) is 14.8. The summed E-state index contributed by atoms with van der Waals surface area (Å²) in [5.41, 5.74) is 1.80. The molecule has 3 aromatic rings. The van der Waals surface area contributed by atoms with Crippen molar-refractivity contribution in [2.75, 3.05) is 5.32 Å². The molecule has 2 aromatic heterocycles. The molecular formula is C15H17N5S. The number of benzene rings is 1. The van der Waals surface area contributed by atoms with E-state index in [-0.39, 0.29) is 0 Å². The Hall–Kier alpha value is -2.08. The molecule has 0 bridgehead atoms. The molecule has 108 valence electrons. The SMILES string of the molecule is Cc1nc(Nc2ccccc2SC(C)C)c2cn[nH]c2n1. The van der Waals surface area contributed by atoms with E-state index in [9.17, 15) is 0 Å². The number of aromatic amines is 1. The fraction of sp³-hybridized carbons (Fsp3) is 0.267. The molecule has 0 aliphatic carbocycles. The lowest BCUT2D eigenvalue weighted by Crippen LogP contribution is -2.00. The predicted molar refractivity (Wildman–Crippen MR) is 87.1 cm³/mol. The molecule has 0 saturated heterocycles. The maximum absolute atomic E-state index is 4.50. The summed E-state index contributed by atoms with van der Waals surface area (Å²) in [5, 5.41) is 11.8. The zero-order valence-electron chi connectivity index (χ0n) is 12.2. The van der Waals surface area contributed by atoms with Crippen molar-refractivity contribution in [2.45, 2.75) is 30.9 Å². The molecule has 21 heavy (non-hydrogen) atoms. The third kappa shape index (κ3) is 3.00. The van der Waals surface area contributed by atoms with Crippen LogP contribution in [-0.4, -0.2) is 25.4 Å². The summed E-state index contributed by atoms with van der Waals surface area (Å²) in [6.07, 6.45) is 1.75. The van der Waals surface area contributed by atoms with Crippen LogP contribution >= 0.6 is 11.8 Å². The smallest absolute Gasteiger partial charge is 0.161 e. The fourth-order valence-corrected chi connectivity index (χ4v) is 3.01. The third-order valence-corrected chi connectivity index (χ3v) is 4.01. The number of hydrogen-bond donors (Lipinski definition) is 2. The summed E-state index contributed by atoms with van der Waals surface area (Å²) in [6.45, 7) is 6.25. The van der Waals surface area contributed by atoms with Gasteiger partial charge in [0.2, 0.25) is 0 Å². The summed E-state index contributed by atoms with van der Waals surface area (Å²) in [6, 6.07) is 8.25. The summed E-state index contributed by atoms with van der Waals surface area (Å²) in [7, 11) is 0. The van der Waals surface area contributed by atoms with Crippen LogP contribution in [0.1, 0.15) is 19.7 Å². The van der Waals surface area contributed by atoms with Gasteiger partial charge in [-0.05, 0) is 19.1 Å². The number of hydrogen-bond acceptors (Lipinski definition) is 5. The third-order valence-electron chi connectivity index (χ3n) is 2.92. The number of fused-ring (bicyclic) bond motifs is 1. The van der Waals surface area contributed by atoms with E-state index in [0.29, 0.717) is 11.1 Å². The highest BCUT2D eigenvalue weighted by Gasteiger charge is 2.10. The number of nitrogens with one attached hydrogen (secondary N) is 2. The van der Waals surface area contributed by atoms with E-state index < -0.39 is 0 Å². The van der Waals surface area contributed by atoms with Gasteiger partial charge in [-0.15, -0.1) is 11.8 Å². The Balaban J connectivity index is 2.01. The Labute approximate surface area is 127 Å². The number of nitrogens with zero attached hydrogens (tertiary/aromatic N) is 3. The molecule has 0 saturated carbocycles. The van der Waals surface area contributed by atoms with Crippen molar-refractivity contribution < 1.29 is 0 Å². The van der Waals surface area contributed by atoms with Crippen molar-refractivity contribution in [3.05, 3.63) is 36.3 Å². The highest BCUT2D eigenvalue weighted by molar-refractivity contribution is 8.00. The summed E-state index contributed by atoms with van der Waals surface area (Å²) in [4.78, 5) is 10.0. The molecular weight excluding hydrogens is 282 g/mol. The van der Waals surface area contributed by atoms with Crippen LogP contribution in [0.3, 0.4) is 0 Å². The zero-order valence-corrected chi connectivity index (χ0v) is 13.0. The topological polar surface area (TPSA) is 66.5 Å². The summed E-state index contributed by atoms with van der Waals surface area (Å²) >= 11 is 1.83.